The van der Waals surface area contributed by atoms with Crippen molar-refractivity contribution in [2.24, 2.45) is 5.92 Å². The summed E-state index contributed by atoms with van der Waals surface area (Å²) in [6, 6.07) is 4.41. The Kier molecular flexibility index (Phi) is 6.40. The average Bonchev–Trinajstić information content (AvgIpc) is 2.51. The molecule has 0 spiro atoms. The summed E-state index contributed by atoms with van der Waals surface area (Å²) >= 11 is 0. The van der Waals surface area contributed by atoms with Gasteiger partial charge in [0.25, 0.3) is 5.69 Å². The lowest BCUT2D eigenvalue weighted by Crippen LogP contribution is -2.31. The van der Waals surface area contributed by atoms with Crippen LogP contribution in [-0.4, -0.2) is 32.5 Å². The summed E-state index contributed by atoms with van der Waals surface area (Å²) in [4.78, 5) is 21.0. The molecule has 0 unspecified atom stereocenters. The number of carbonyl (C=O) groups excluding carboxylic acids is 1. The molecule has 1 N–H and O–H groups in total. The van der Waals surface area contributed by atoms with Gasteiger partial charge in [-0.25, -0.2) is 13.1 Å². The van der Waals surface area contributed by atoms with Crippen molar-refractivity contribution in [2.75, 3.05) is 7.11 Å². The van der Waals surface area contributed by atoms with Crippen LogP contribution in [0.4, 0.5) is 5.69 Å². The van der Waals surface area contributed by atoms with Gasteiger partial charge in [-0.1, -0.05) is 24.3 Å². The molecule has 0 amide bonds. The highest BCUT2D eigenvalue weighted by molar-refractivity contribution is 7.89. The van der Waals surface area contributed by atoms with Crippen LogP contribution in [0.1, 0.15) is 13.8 Å². The molecule has 0 aliphatic carbocycles. The van der Waals surface area contributed by atoms with Crippen molar-refractivity contribution in [3.8, 4) is 0 Å². The number of esters is 1. The fourth-order valence-electron chi connectivity index (χ4n) is 1.78. The van der Waals surface area contributed by atoms with E-state index in [1.807, 2.05) is 0 Å². The summed E-state index contributed by atoms with van der Waals surface area (Å²) in [6.07, 6.45) is 2.98. The number of nitrogens with zero attached hydrogens (tertiary/aromatic N) is 1. The van der Waals surface area contributed by atoms with E-state index in [-0.39, 0.29) is 0 Å². The molecule has 9 heteroatoms. The van der Waals surface area contributed by atoms with Gasteiger partial charge in [-0.15, -0.1) is 0 Å². The van der Waals surface area contributed by atoms with Gasteiger partial charge in [0.15, 0.2) is 4.90 Å². The minimum absolute atomic E-state index is 0.411. The largest absolute Gasteiger partial charge is 0.469 e. The first-order valence-electron chi connectivity index (χ1n) is 6.71. The van der Waals surface area contributed by atoms with Crippen LogP contribution in [0, 0.1) is 16.0 Å². The number of nitro benzene ring substituents is 1. The Labute approximate surface area is 134 Å². The van der Waals surface area contributed by atoms with Crippen LogP contribution in [0.2, 0.25) is 0 Å². The van der Waals surface area contributed by atoms with Crippen LogP contribution in [0.5, 0.6) is 0 Å². The molecular formula is C14H18N2O6S. The summed E-state index contributed by atoms with van der Waals surface area (Å²) in [5.74, 6) is -0.979. The molecule has 0 aliphatic heterocycles. The number of sulfonamides is 1. The van der Waals surface area contributed by atoms with Crippen LogP contribution < -0.4 is 4.72 Å². The third-order valence-corrected chi connectivity index (χ3v) is 4.56. The third-order valence-electron chi connectivity index (χ3n) is 2.95. The molecule has 126 valence electrons. The van der Waals surface area contributed by atoms with Crippen molar-refractivity contribution >= 4 is 21.7 Å². The summed E-state index contributed by atoms with van der Waals surface area (Å²) in [5.41, 5.74) is -0.501. The van der Waals surface area contributed by atoms with Crippen LogP contribution >= 0.6 is 0 Å². The van der Waals surface area contributed by atoms with E-state index >= 15 is 0 Å². The lowest BCUT2D eigenvalue weighted by molar-refractivity contribution is -0.387. The second-order valence-corrected chi connectivity index (χ2v) is 6.51. The molecule has 1 aromatic rings. The number of hydrogen-bond donors (Lipinski definition) is 1. The fraction of sp³-hybridized carbons (Fsp3) is 0.357. The minimum Gasteiger partial charge on any atom is -0.469 e. The predicted molar refractivity (Wildman–Crippen MR) is 83.2 cm³/mol. The van der Waals surface area contributed by atoms with Gasteiger partial charge >= 0.3 is 5.97 Å². The van der Waals surface area contributed by atoms with E-state index in [1.165, 1.54) is 31.4 Å². The Hall–Kier alpha value is -2.26. The molecule has 23 heavy (non-hydrogen) atoms. The number of nitrogens with one attached hydrogen (secondary N) is 1. The van der Waals surface area contributed by atoms with E-state index in [9.17, 15) is 23.3 Å². The zero-order valence-corrected chi connectivity index (χ0v) is 13.7. The number of nitro groups is 1. The Morgan fingerprint density at radius 2 is 1.91 bits per heavy atom. The van der Waals surface area contributed by atoms with Crippen molar-refractivity contribution in [2.45, 2.75) is 24.8 Å². The number of ether oxygens (including phenoxy) is 1. The number of rotatable bonds is 7. The fourth-order valence-corrected chi connectivity index (χ4v) is 3.15. The molecule has 8 nitrogen and oxygen atoms in total. The topological polar surface area (TPSA) is 116 Å². The Morgan fingerprint density at radius 1 is 1.30 bits per heavy atom. The van der Waals surface area contributed by atoms with Crippen molar-refractivity contribution in [1.82, 2.24) is 4.72 Å². The van der Waals surface area contributed by atoms with Gasteiger partial charge in [0.2, 0.25) is 10.0 Å². The first-order valence-corrected chi connectivity index (χ1v) is 8.19. The normalized spacial score (nSPS) is 14.4. The molecule has 1 aromatic carbocycles. The van der Waals surface area contributed by atoms with Gasteiger partial charge in [-0.3, -0.25) is 14.9 Å². The van der Waals surface area contributed by atoms with Crippen LogP contribution in [0.3, 0.4) is 0 Å². The van der Waals surface area contributed by atoms with E-state index < -0.39 is 43.5 Å². The second-order valence-electron chi connectivity index (χ2n) is 4.83. The molecule has 0 aromatic heterocycles. The number of methoxy groups -OCH3 is 1. The first kappa shape index (κ1) is 18.8. The third kappa shape index (κ3) is 5.15. The molecule has 0 aliphatic rings. The lowest BCUT2D eigenvalue weighted by Gasteiger charge is -2.11. The maximum absolute atomic E-state index is 12.3. The highest BCUT2D eigenvalue weighted by atomic mass is 32.2. The number of benzene rings is 1. The predicted octanol–water partition coefficient (Wildman–Crippen LogP) is 1.63. The molecule has 1 rings (SSSR count). The summed E-state index contributed by atoms with van der Waals surface area (Å²) in [7, 11) is -2.81. The first-order chi connectivity index (χ1) is 10.7. The van der Waals surface area contributed by atoms with Gasteiger partial charge in [0.05, 0.1) is 18.0 Å². The van der Waals surface area contributed by atoms with Gasteiger partial charge in [-0.05, 0) is 19.9 Å². The molecule has 2 atom stereocenters. The summed E-state index contributed by atoms with van der Waals surface area (Å²) in [5, 5.41) is 10.9. The molecule has 0 radical (unpaired) electrons. The molecule has 0 saturated carbocycles. The maximum Gasteiger partial charge on any atom is 0.312 e. The van der Waals surface area contributed by atoms with Crippen molar-refractivity contribution < 1.29 is 22.9 Å². The smallest absolute Gasteiger partial charge is 0.312 e. The van der Waals surface area contributed by atoms with Crippen molar-refractivity contribution in [1.29, 1.82) is 0 Å². The molecule has 0 bridgehead atoms. The summed E-state index contributed by atoms with van der Waals surface area (Å²) < 4.78 is 31.4. The monoisotopic (exact) mass is 342 g/mol. The number of para-hydroxylation sites is 1. The molecule has 0 heterocycles. The zero-order chi connectivity index (χ0) is 17.6. The SMILES string of the molecule is COC(=O)[C@H](C)/C=C/[C@H](C)NS(=O)(=O)c1ccccc1[N+](=O)[O-]. The molecule has 0 saturated heterocycles. The lowest BCUT2D eigenvalue weighted by atomic mass is 10.1. The summed E-state index contributed by atoms with van der Waals surface area (Å²) in [6.45, 7) is 3.15. The van der Waals surface area contributed by atoms with E-state index in [2.05, 4.69) is 9.46 Å². The Bertz CT molecular complexity index is 714. The number of hydrogen-bond acceptors (Lipinski definition) is 6. The highest BCUT2D eigenvalue weighted by Gasteiger charge is 2.25. The van der Waals surface area contributed by atoms with E-state index in [0.29, 0.717) is 0 Å². The van der Waals surface area contributed by atoms with Crippen molar-refractivity contribution in [3.63, 3.8) is 0 Å². The van der Waals surface area contributed by atoms with Crippen LogP contribution in [0.15, 0.2) is 41.3 Å². The van der Waals surface area contributed by atoms with Gasteiger partial charge in [0, 0.05) is 12.1 Å². The van der Waals surface area contributed by atoms with Crippen LogP contribution in [0.25, 0.3) is 0 Å². The van der Waals surface area contributed by atoms with Gasteiger partial charge in [0.1, 0.15) is 0 Å². The standard InChI is InChI=1S/C14H18N2O6S/c1-10(14(17)22-3)8-9-11(2)15-23(20,21)13-7-5-4-6-12(13)16(18)19/h4-11,15H,1-3H3/b9-8+/t10-,11+/m1/s1. The molecule has 0 fully saturated rings. The van der Waals surface area contributed by atoms with Gasteiger partial charge < -0.3 is 4.74 Å². The second kappa shape index (κ2) is 7.84. The minimum atomic E-state index is -4.07. The quantitative estimate of drug-likeness (QED) is 0.348. The van der Waals surface area contributed by atoms with E-state index in [1.54, 1.807) is 13.8 Å². The van der Waals surface area contributed by atoms with E-state index in [0.717, 1.165) is 12.1 Å². The van der Waals surface area contributed by atoms with Crippen LogP contribution in [-0.2, 0) is 19.6 Å². The van der Waals surface area contributed by atoms with Crippen molar-refractivity contribution in [3.05, 3.63) is 46.5 Å². The Balaban J connectivity index is 2.93. The average molecular weight is 342 g/mol. The highest BCUT2D eigenvalue weighted by Crippen LogP contribution is 2.22. The van der Waals surface area contributed by atoms with Gasteiger partial charge in [-0.2, -0.15) is 0 Å². The molecular weight excluding hydrogens is 324 g/mol. The Morgan fingerprint density at radius 3 is 2.48 bits per heavy atom. The number of carbonyl (C=O) groups is 1. The van der Waals surface area contributed by atoms with E-state index in [4.69, 9.17) is 0 Å². The maximum atomic E-state index is 12.3. The zero-order valence-electron chi connectivity index (χ0n) is 12.9.